The molecule has 0 atom stereocenters. The van der Waals surface area contributed by atoms with Gasteiger partial charge in [-0.05, 0) is 264 Å². The van der Waals surface area contributed by atoms with Gasteiger partial charge in [-0.3, -0.25) is 0 Å². The van der Waals surface area contributed by atoms with Crippen LogP contribution in [-0.2, 0) is 0 Å². The molecule has 3 nitrogen and oxygen atoms in total. The Hall–Kier alpha value is -6.06. The number of nitrogens with zero attached hydrogens (tertiary/aromatic N) is 2. The van der Waals surface area contributed by atoms with Crippen molar-refractivity contribution in [2.75, 3.05) is 15.5 Å². The van der Waals surface area contributed by atoms with E-state index in [0.717, 1.165) is 28.3 Å². The molecule has 3 heteroatoms. The lowest BCUT2D eigenvalue weighted by Crippen LogP contribution is -2.14. The molecule has 0 amide bonds. The highest BCUT2D eigenvalue weighted by molar-refractivity contribution is 6.25. The van der Waals surface area contributed by atoms with Gasteiger partial charge in [-0.15, -0.1) is 0 Å². The summed E-state index contributed by atoms with van der Waals surface area (Å²) in [6.07, 6.45) is 0. The summed E-state index contributed by atoms with van der Waals surface area (Å²) in [7, 11) is 0. The van der Waals surface area contributed by atoms with E-state index >= 15 is 0 Å². The molecule has 8 aromatic rings. The second-order valence-electron chi connectivity index (χ2n) is 17.7. The normalized spacial score (nSPS) is 11.6. The van der Waals surface area contributed by atoms with Crippen molar-refractivity contribution in [1.29, 1.82) is 0 Å². The number of nitrogen functional groups attached to an aromatic ring is 1. The first-order valence-corrected chi connectivity index (χ1v) is 21.0. The van der Waals surface area contributed by atoms with Crippen molar-refractivity contribution in [3.8, 4) is 0 Å². The maximum atomic E-state index is 6.80. The minimum Gasteiger partial charge on any atom is -0.398 e. The Kier molecular flexibility index (Phi) is 9.87. The second kappa shape index (κ2) is 14.6. The van der Waals surface area contributed by atoms with Gasteiger partial charge in [0.05, 0.1) is 11.4 Å². The third kappa shape index (κ3) is 6.71. The van der Waals surface area contributed by atoms with Crippen molar-refractivity contribution < 1.29 is 0 Å². The molecular formula is C56H59N3. The Balaban J connectivity index is 1.55. The number of rotatable bonds is 6. The van der Waals surface area contributed by atoms with Crippen LogP contribution in [0.1, 0.15) is 77.9 Å². The Bertz CT molecular complexity index is 2850. The van der Waals surface area contributed by atoms with Crippen LogP contribution < -0.4 is 15.5 Å². The summed E-state index contributed by atoms with van der Waals surface area (Å²) in [5, 5.41) is 7.36. The smallest absolute Gasteiger partial charge is 0.0546 e. The molecule has 0 spiro atoms. The van der Waals surface area contributed by atoms with Crippen LogP contribution in [0.3, 0.4) is 0 Å². The molecule has 0 fully saturated rings. The van der Waals surface area contributed by atoms with Gasteiger partial charge in [0, 0.05) is 39.2 Å². The quantitative estimate of drug-likeness (QED) is 0.135. The Morgan fingerprint density at radius 3 is 1.02 bits per heavy atom. The average molecular weight is 774 g/mol. The van der Waals surface area contributed by atoms with Crippen molar-refractivity contribution >= 4 is 72.1 Å². The second-order valence-corrected chi connectivity index (χ2v) is 17.7. The first kappa shape index (κ1) is 39.8. The van der Waals surface area contributed by atoms with Crippen LogP contribution >= 0.6 is 0 Å². The van der Waals surface area contributed by atoms with Gasteiger partial charge in [-0.1, -0.05) is 23.8 Å². The number of hydrogen-bond donors (Lipinski definition) is 1. The molecule has 0 aliphatic carbocycles. The minimum atomic E-state index is 0.802. The summed E-state index contributed by atoms with van der Waals surface area (Å²) in [4.78, 5) is 4.97. The summed E-state index contributed by atoms with van der Waals surface area (Å²) in [5.41, 5.74) is 32.2. The summed E-state index contributed by atoms with van der Waals surface area (Å²) < 4.78 is 0. The van der Waals surface area contributed by atoms with Crippen molar-refractivity contribution in [1.82, 2.24) is 0 Å². The molecule has 2 N–H and O–H groups in total. The first-order valence-electron chi connectivity index (χ1n) is 21.0. The van der Waals surface area contributed by atoms with Gasteiger partial charge in [-0.25, -0.2) is 0 Å². The number of benzene rings is 8. The van der Waals surface area contributed by atoms with Gasteiger partial charge in [0.25, 0.3) is 0 Å². The Labute approximate surface area is 352 Å². The van der Waals surface area contributed by atoms with Gasteiger partial charge in [0.15, 0.2) is 0 Å². The fourth-order valence-corrected chi connectivity index (χ4v) is 9.03. The lowest BCUT2D eigenvalue weighted by molar-refractivity contribution is 1.20. The molecule has 0 unspecified atom stereocenters. The fourth-order valence-electron chi connectivity index (χ4n) is 9.03. The zero-order chi connectivity index (χ0) is 42.3. The van der Waals surface area contributed by atoms with Crippen LogP contribution in [-0.4, -0.2) is 0 Å². The predicted octanol–water partition coefficient (Wildman–Crippen LogP) is 16.0. The van der Waals surface area contributed by atoms with Gasteiger partial charge in [0.1, 0.15) is 0 Å². The van der Waals surface area contributed by atoms with E-state index in [0.29, 0.717) is 0 Å². The monoisotopic (exact) mass is 773 g/mol. The third-order valence-corrected chi connectivity index (χ3v) is 13.7. The lowest BCUT2D eigenvalue weighted by atomic mass is 9.90. The molecule has 0 heterocycles. The molecule has 0 radical (unpaired) electrons. The zero-order valence-corrected chi connectivity index (χ0v) is 37.6. The molecule has 0 aliphatic heterocycles. The van der Waals surface area contributed by atoms with E-state index in [9.17, 15) is 0 Å². The van der Waals surface area contributed by atoms with E-state index in [1.54, 1.807) is 0 Å². The van der Waals surface area contributed by atoms with E-state index in [1.807, 2.05) is 0 Å². The van der Waals surface area contributed by atoms with Crippen LogP contribution in [0.25, 0.3) is 32.3 Å². The van der Waals surface area contributed by atoms with E-state index < -0.39 is 0 Å². The predicted molar refractivity (Wildman–Crippen MR) is 259 cm³/mol. The molecule has 8 rings (SSSR count). The summed E-state index contributed by atoms with van der Waals surface area (Å²) in [6.45, 7) is 31.1. The minimum absolute atomic E-state index is 0.802. The van der Waals surface area contributed by atoms with Crippen LogP contribution in [0, 0.1) is 96.9 Å². The number of anilines is 7. The van der Waals surface area contributed by atoms with Crippen LogP contribution in [0.5, 0.6) is 0 Å². The number of nitrogens with two attached hydrogens (primary N) is 1. The van der Waals surface area contributed by atoms with Crippen molar-refractivity contribution in [3.05, 3.63) is 169 Å². The molecular weight excluding hydrogens is 715 g/mol. The van der Waals surface area contributed by atoms with Crippen LogP contribution in [0.2, 0.25) is 0 Å². The molecule has 59 heavy (non-hydrogen) atoms. The fraction of sp³-hybridized carbons (Fsp3) is 0.250. The Morgan fingerprint density at radius 2 is 0.610 bits per heavy atom. The molecule has 298 valence electrons. The molecule has 8 aromatic carbocycles. The SMILES string of the molecule is Cc1ccc2c(c1)c(N(c1cc(C)c(C)c(C)c1)c1cc(C)c(C)c(N)c1)cc1c3cc(C)c(C)cc3c(N(c3cc(C)c(C)c(C)c3)c3cc(C)c(C)c(C)c3)cc21. The van der Waals surface area contributed by atoms with E-state index in [1.165, 1.54) is 122 Å². The average Bonchev–Trinajstić information content (AvgIpc) is 3.18. The van der Waals surface area contributed by atoms with E-state index in [4.69, 9.17) is 5.73 Å². The molecule has 0 aromatic heterocycles. The van der Waals surface area contributed by atoms with Gasteiger partial charge in [0.2, 0.25) is 0 Å². The summed E-state index contributed by atoms with van der Waals surface area (Å²) >= 11 is 0. The largest absolute Gasteiger partial charge is 0.398 e. The van der Waals surface area contributed by atoms with E-state index in [2.05, 4.69) is 198 Å². The maximum Gasteiger partial charge on any atom is 0.0546 e. The van der Waals surface area contributed by atoms with Crippen molar-refractivity contribution in [2.24, 2.45) is 0 Å². The summed E-state index contributed by atoms with van der Waals surface area (Å²) in [6, 6.07) is 35.4. The highest BCUT2D eigenvalue weighted by Gasteiger charge is 2.25. The van der Waals surface area contributed by atoms with Gasteiger partial charge in [-0.2, -0.15) is 0 Å². The lowest BCUT2D eigenvalue weighted by Gasteiger charge is -2.31. The highest BCUT2D eigenvalue weighted by atomic mass is 15.2. The number of fused-ring (bicyclic) bond motifs is 5. The van der Waals surface area contributed by atoms with Crippen LogP contribution in [0.4, 0.5) is 39.8 Å². The number of aryl methyl sites for hydroxylation is 10. The topological polar surface area (TPSA) is 32.5 Å². The van der Waals surface area contributed by atoms with E-state index in [-0.39, 0.29) is 0 Å². The maximum absolute atomic E-state index is 6.80. The van der Waals surface area contributed by atoms with Gasteiger partial charge >= 0.3 is 0 Å². The molecule has 0 bridgehead atoms. The zero-order valence-electron chi connectivity index (χ0n) is 37.6. The first-order chi connectivity index (χ1) is 27.9. The standard InChI is InChI=1S/C56H59N3/c1-30-15-16-48-50-28-56(58(44-18-33(4)40(11)34(5)19-44)45-20-35(6)41(12)36(7)21-45)53-26-32(3)31(2)25-49(53)51(50)29-55(52(48)17-30)59(46-22-37(8)42(13)38(9)23-46)47-24-39(10)43(14)54(57)27-47/h15-29H,57H2,1-14H3. The Morgan fingerprint density at radius 1 is 0.288 bits per heavy atom. The summed E-state index contributed by atoms with van der Waals surface area (Å²) in [5.74, 6) is 0. The molecule has 0 saturated heterocycles. The third-order valence-electron chi connectivity index (χ3n) is 13.7. The van der Waals surface area contributed by atoms with Crippen molar-refractivity contribution in [3.63, 3.8) is 0 Å². The molecule has 0 aliphatic rings. The highest BCUT2D eigenvalue weighted by Crippen LogP contribution is 2.49. The van der Waals surface area contributed by atoms with Crippen molar-refractivity contribution in [2.45, 2.75) is 96.9 Å². The van der Waals surface area contributed by atoms with Gasteiger partial charge < -0.3 is 15.5 Å². The van der Waals surface area contributed by atoms with Crippen LogP contribution in [0.15, 0.2) is 91.0 Å². The number of hydrogen-bond acceptors (Lipinski definition) is 3. The molecule has 0 saturated carbocycles.